The van der Waals surface area contributed by atoms with Crippen molar-refractivity contribution in [2.75, 3.05) is 6.61 Å². The molecule has 2 aromatic carbocycles. The van der Waals surface area contributed by atoms with E-state index in [1.165, 1.54) is 0 Å². The molecule has 0 saturated carbocycles. The van der Waals surface area contributed by atoms with Crippen LogP contribution >= 0.6 is 31.9 Å². The highest BCUT2D eigenvalue weighted by molar-refractivity contribution is 9.10. The van der Waals surface area contributed by atoms with Gasteiger partial charge in [0.15, 0.2) is 11.5 Å². The van der Waals surface area contributed by atoms with Crippen molar-refractivity contribution < 1.29 is 14.6 Å². The lowest BCUT2D eigenvalue weighted by atomic mass is 10.2. The lowest BCUT2D eigenvalue weighted by molar-refractivity contribution is 0.267. The number of hydrogen-bond donors (Lipinski definition) is 1. The number of phenolic OH excluding ortho intramolecular Hbond substituents is 1. The van der Waals surface area contributed by atoms with Crippen LogP contribution in [0.1, 0.15) is 18.1 Å². The monoisotopic (exact) mass is 414 g/mol. The van der Waals surface area contributed by atoms with Crippen LogP contribution < -0.4 is 9.47 Å². The zero-order valence-electron chi connectivity index (χ0n) is 11.6. The van der Waals surface area contributed by atoms with Gasteiger partial charge >= 0.3 is 0 Å². The number of hydrogen-bond acceptors (Lipinski definition) is 3. The van der Waals surface area contributed by atoms with Crippen LogP contribution in [-0.4, -0.2) is 11.7 Å². The van der Waals surface area contributed by atoms with Gasteiger partial charge in [-0.2, -0.15) is 0 Å². The Morgan fingerprint density at radius 1 is 1.10 bits per heavy atom. The summed E-state index contributed by atoms with van der Waals surface area (Å²) in [7, 11) is 0. The molecule has 3 nitrogen and oxygen atoms in total. The highest BCUT2D eigenvalue weighted by atomic mass is 79.9. The van der Waals surface area contributed by atoms with Gasteiger partial charge < -0.3 is 14.6 Å². The zero-order chi connectivity index (χ0) is 15.2. The van der Waals surface area contributed by atoms with E-state index in [2.05, 4.69) is 31.9 Å². The Morgan fingerprint density at radius 3 is 2.57 bits per heavy atom. The van der Waals surface area contributed by atoms with E-state index in [1.54, 1.807) is 18.2 Å². The van der Waals surface area contributed by atoms with E-state index in [1.807, 2.05) is 25.1 Å². The van der Waals surface area contributed by atoms with Gasteiger partial charge in [0.1, 0.15) is 12.4 Å². The number of rotatable bonds is 6. The molecule has 0 unspecified atom stereocenters. The van der Waals surface area contributed by atoms with Gasteiger partial charge in [0.2, 0.25) is 0 Å². The van der Waals surface area contributed by atoms with E-state index in [-0.39, 0.29) is 5.75 Å². The predicted octanol–water partition coefficient (Wildman–Crippen LogP) is 5.03. The minimum Gasteiger partial charge on any atom is -0.508 e. The molecule has 0 amide bonds. The fraction of sp³-hybridized carbons (Fsp3) is 0.250. The predicted molar refractivity (Wildman–Crippen MR) is 90.4 cm³/mol. The molecule has 0 aromatic heterocycles. The van der Waals surface area contributed by atoms with E-state index in [9.17, 15) is 5.11 Å². The van der Waals surface area contributed by atoms with Crippen LogP contribution in [0.2, 0.25) is 0 Å². The molecule has 0 heterocycles. The molecule has 0 spiro atoms. The summed E-state index contributed by atoms with van der Waals surface area (Å²) in [6.07, 6.45) is 0. The molecule has 0 saturated heterocycles. The number of halogens is 2. The molecule has 2 rings (SSSR count). The third kappa shape index (κ3) is 4.38. The summed E-state index contributed by atoms with van der Waals surface area (Å²) in [6, 6.07) is 11.0. The van der Waals surface area contributed by atoms with Gasteiger partial charge in [-0.3, -0.25) is 0 Å². The number of ether oxygens (including phenoxy) is 2. The molecule has 21 heavy (non-hydrogen) atoms. The Balaban J connectivity index is 2.22. The van der Waals surface area contributed by atoms with Gasteiger partial charge in [-0.25, -0.2) is 0 Å². The Hall–Kier alpha value is -1.20. The minimum atomic E-state index is 0.231. The average Bonchev–Trinajstić information content (AvgIpc) is 2.46. The summed E-state index contributed by atoms with van der Waals surface area (Å²) in [6.45, 7) is 2.87. The molecular formula is C16H16Br2O3. The van der Waals surface area contributed by atoms with Gasteiger partial charge in [0.25, 0.3) is 0 Å². The van der Waals surface area contributed by atoms with Crippen molar-refractivity contribution in [1.82, 2.24) is 0 Å². The first-order valence-electron chi connectivity index (χ1n) is 6.56. The Labute approximate surface area is 141 Å². The van der Waals surface area contributed by atoms with Crippen LogP contribution in [0.15, 0.2) is 40.9 Å². The summed E-state index contributed by atoms with van der Waals surface area (Å²) in [4.78, 5) is 0. The number of aromatic hydroxyl groups is 1. The van der Waals surface area contributed by atoms with Crippen LogP contribution in [0.4, 0.5) is 0 Å². The highest BCUT2D eigenvalue weighted by Gasteiger charge is 2.12. The van der Waals surface area contributed by atoms with Gasteiger partial charge in [-0.05, 0) is 58.2 Å². The number of phenols is 1. The fourth-order valence-electron chi connectivity index (χ4n) is 1.90. The van der Waals surface area contributed by atoms with Crippen LogP contribution in [0, 0.1) is 0 Å². The first-order valence-corrected chi connectivity index (χ1v) is 8.47. The van der Waals surface area contributed by atoms with Crippen molar-refractivity contribution in [1.29, 1.82) is 0 Å². The van der Waals surface area contributed by atoms with Gasteiger partial charge in [0, 0.05) is 5.33 Å². The fourth-order valence-corrected chi connectivity index (χ4v) is 2.83. The molecular weight excluding hydrogens is 400 g/mol. The van der Waals surface area contributed by atoms with E-state index >= 15 is 0 Å². The molecule has 2 aromatic rings. The van der Waals surface area contributed by atoms with Crippen molar-refractivity contribution in [3.05, 3.63) is 52.0 Å². The van der Waals surface area contributed by atoms with Crippen LogP contribution in [0.3, 0.4) is 0 Å². The van der Waals surface area contributed by atoms with Crippen LogP contribution in [-0.2, 0) is 11.9 Å². The lowest BCUT2D eigenvalue weighted by Crippen LogP contribution is -2.01. The average molecular weight is 416 g/mol. The van der Waals surface area contributed by atoms with Crippen molar-refractivity contribution in [2.24, 2.45) is 0 Å². The Bertz CT molecular complexity index is 614. The Kier molecular flexibility index (Phi) is 5.94. The van der Waals surface area contributed by atoms with Gasteiger partial charge in [0.05, 0.1) is 11.1 Å². The molecule has 1 N–H and O–H groups in total. The summed E-state index contributed by atoms with van der Waals surface area (Å²) in [5.74, 6) is 1.61. The maximum Gasteiger partial charge on any atom is 0.175 e. The molecule has 5 heteroatoms. The summed E-state index contributed by atoms with van der Waals surface area (Å²) in [5.41, 5.74) is 2.00. The normalized spacial score (nSPS) is 10.4. The molecule has 0 aliphatic carbocycles. The largest absolute Gasteiger partial charge is 0.508 e. The van der Waals surface area contributed by atoms with E-state index in [4.69, 9.17) is 9.47 Å². The number of benzene rings is 2. The number of alkyl halides is 1. The molecule has 0 aliphatic heterocycles. The third-order valence-electron chi connectivity index (χ3n) is 2.82. The maximum atomic E-state index is 9.48. The molecule has 0 fully saturated rings. The van der Waals surface area contributed by atoms with Gasteiger partial charge in [-0.1, -0.05) is 28.1 Å². The SMILES string of the molecule is CCOc1cc(CBr)cc(Br)c1OCc1cccc(O)c1. The zero-order valence-corrected chi connectivity index (χ0v) is 14.8. The summed E-state index contributed by atoms with van der Waals surface area (Å²) < 4.78 is 12.4. The minimum absolute atomic E-state index is 0.231. The van der Waals surface area contributed by atoms with E-state index in [0.29, 0.717) is 24.7 Å². The molecule has 0 aliphatic rings. The molecule has 0 atom stereocenters. The molecule has 0 radical (unpaired) electrons. The third-order valence-corrected chi connectivity index (χ3v) is 4.05. The second-order valence-electron chi connectivity index (χ2n) is 4.43. The second-order valence-corrected chi connectivity index (χ2v) is 5.85. The first-order chi connectivity index (χ1) is 10.1. The van der Waals surface area contributed by atoms with Crippen LogP contribution in [0.25, 0.3) is 0 Å². The summed E-state index contributed by atoms with van der Waals surface area (Å²) in [5, 5.41) is 10.2. The van der Waals surface area contributed by atoms with Crippen LogP contribution in [0.5, 0.6) is 17.2 Å². The topological polar surface area (TPSA) is 38.7 Å². The van der Waals surface area contributed by atoms with Gasteiger partial charge in [-0.15, -0.1) is 0 Å². The quantitative estimate of drug-likeness (QED) is 0.672. The van der Waals surface area contributed by atoms with Crippen molar-refractivity contribution >= 4 is 31.9 Å². The van der Waals surface area contributed by atoms with Crippen molar-refractivity contribution in [3.63, 3.8) is 0 Å². The van der Waals surface area contributed by atoms with Crippen molar-refractivity contribution in [2.45, 2.75) is 18.9 Å². The van der Waals surface area contributed by atoms with E-state index < -0.39 is 0 Å². The molecule has 112 valence electrons. The smallest absolute Gasteiger partial charge is 0.175 e. The molecule has 0 bridgehead atoms. The highest BCUT2D eigenvalue weighted by Crippen LogP contribution is 2.38. The van der Waals surface area contributed by atoms with Crippen molar-refractivity contribution in [3.8, 4) is 17.2 Å². The first kappa shape index (κ1) is 16.2. The van der Waals surface area contributed by atoms with E-state index in [0.717, 1.165) is 20.9 Å². The second kappa shape index (κ2) is 7.71. The Morgan fingerprint density at radius 2 is 1.90 bits per heavy atom. The lowest BCUT2D eigenvalue weighted by Gasteiger charge is -2.15. The standard InChI is InChI=1S/C16H16Br2O3/c1-2-20-15-8-12(9-17)7-14(18)16(15)21-10-11-4-3-5-13(19)6-11/h3-8,19H,2,9-10H2,1H3. The maximum absolute atomic E-state index is 9.48. The summed E-state index contributed by atoms with van der Waals surface area (Å²) >= 11 is 6.96.